The van der Waals surface area contributed by atoms with Crippen molar-refractivity contribution in [2.45, 2.75) is 45.4 Å². The molecular formula is C22H21N3O2S. The maximum Gasteiger partial charge on any atom is 0.271 e. The van der Waals surface area contributed by atoms with Crippen LogP contribution in [0.3, 0.4) is 0 Å². The van der Waals surface area contributed by atoms with Gasteiger partial charge in [0.15, 0.2) is 0 Å². The van der Waals surface area contributed by atoms with Crippen LogP contribution in [0.1, 0.15) is 37.1 Å². The molecule has 0 bridgehead atoms. The number of hydrogen-bond donors (Lipinski definition) is 0. The van der Waals surface area contributed by atoms with Crippen molar-refractivity contribution in [2.24, 2.45) is 0 Å². The first-order chi connectivity index (χ1) is 13.6. The summed E-state index contributed by atoms with van der Waals surface area (Å²) in [5, 5.41) is 0.950. The zero-order chi connectivity index (χ0) is 19.3. The molecular weight excluding hydrogens is 370 g/mol. The predicted octanol–water partition coefficient (Wildman–Crippen LogP) is 4.30. The minimum absolute atomic E-state index is 0.00975. The van der Waals surface area contributed by atoms with Crippen molar-refractivity contribution in [1.29, 1.82) is 0 Å². The van der Waals surface area contributed by atoms with Crippen molar-refractivity contribution in [3.8, 4) is 0 Å². The van der Waals surface area contributed by atoms with Crippen molar-refractivity contribution in [2.75, 3.05) is 0 Å². The lowest BCUT2D eigenvalue weighted by Gasteiger charge is -2.33. The lowest BCUT2D eigenvalue weighted by molar-refractivity contribution is -0.0573. The Labute approximate surface area is 166 Å². The first-order valence-electron chi connectivity index (χ1n) is 9.55. The van der Waals surface area contributed by atoms with E-state index in [4.69, 9.17) is 9.72 Å². The number of rotatable bonds is 3. The zero-order valence-corrected chi connectivity index (χ0v) is 16.8. The molecule has 6 heteroatoms. The molecule has 0 saturated heterocycles. The van der Waals surface area contributed by atoms with Gasteiger partial charge in [0, 0.05) is 17.4 Å². The fourth-order valence-corrected chi connectivity index (χ4v) is 4.81. The van der Waals surface area contributed by atoms with E-state index in [0.717, 1.165) is 45.4 Å². The van der Waals surface area contributed by atoms with Crippen LogP contribution in [0, 0.1) is 0 Å². The number of benzene rings is 1. The second-order valence-corrected chi connectivity index (χ2v) is 8.66. The van der Waals surface area contributed by atoms with Gasteiger partial charge in [0.2, 0.25) is 0 Å². The SMILES string of the molecule is CCC1(C)Cc2nc3sc4c(=O)n(Cc5ccccc5)cnc4c3cc2CO1. The highest BCUT2D eigenvalue weighted by atomic mass is 32.1. The van der Waals surface area contributed by atoms with Crippen LogP contribution in [-0.4, -0.2) is 20.1 Å². The van der Waals surface area contributed by atoms with Crippen LogP contribution >= 0.6 is 11.3 Å². The lowest BCUT2D eigenvalue weighted by Crippen LogP contribution is -2.35. The Balaban J connectivity index is 1.62. The van der Waals surface area contributed by atoms with Crippen LogP contribution < -0.4 is 5.56 Å². The summed E-state index contributed by atoms with van der Waals surface area (Å²) in [4.78, 5) is 23.5. The number of nitrogens with zero attached hydrogens (tertiary/aromatic N) is 3. The molecule has 4 aromatic rings. The smallest absolute Gasteiger partial charge is 0.271 e. The molecule has 1 aromatic carbocycles. The second-order valence-electron chi connectivity index (χ2n) is 7.66. The van der Waals surface area contributed by atoms with Crippen LogP contribution in [0.2, 0.25) is 0 Å². The fourth-order valence-electron chi connectivity index (χ4n) is 3.73. The molecule has 142 valence electrons. The third-order valence-corrected chi connectivity index (χ3v) is 6.74. The van der Waals surface area contributed by atoms with Gasteiger partial charge in [-0.2, -0.15) is 0 Å². The number of thiophene rings is 1. The second kappa shape index (κ2) is 6.50. The molecule has 0 fully saturated rings. The third-order valence-electron chi connectivity index (χ3n) is 5.67. The van der Waals surface area contributed by atoms with Gasteiger partial charge in [-0.05, 0) is 25.0 Å². The van der Waals surface area contributed by atoms with Gasteiger partial charge in [-0.15, -0.1) is 11.3 Å². The van der Waals surface area contributed by atoms with E-state index in [1.807, 2.05) is 30.3 Å². The summed E-state index contributed by atoms with van der Waals surface area (Å²) < 4.78 is 8.40. The number of pyridine rings is 1. The molecule has 0 saturated carbocycles. The van der Waals surface area contributed by atoms with Gasteiger partial charge >= 0.3 is 0 Å². The molecule has 1 atom stereocenters. The number of hydrogen-bond acceptors (Lipinski definition) is 5. The molecule has 1 aliphatic heterocycles. The lowest BCUT2D eigenvalue weighted by atomic mass is 9.91. The Morgan fingerprint density at radius 2 is 2.11 bits per heavy atom. The third kappa shape index (κ3) is 2.84. The topological polar surface area (TPSA) is 57.0 Å². The highest BCUT2D eigenvalue weighted by Crippen LogP contribution is 2.35. The van der Waals surface area contributed by atoms with Crippen LogP contribution in [-0.2, 0) is 24.3 Å². The van der Waals surface area contributed by atoms with E-state index in [2.05, 4.69) is 24.9 Å². The minimum atomic E-state index is -0.162. The average molecular weight is 391 g/mol. The number of ether oxygens (including phenoxy) is 1. The largest absolute Gasteiger partial charge is 0.370 e. The Hall–Kier alpha value is -2.57. The molecule has 0 aliphatic carbocycles. The van der Waals surface area contributed by atoms with Gasteiger partial charge in [0.1, 0.15) is 9.53 Å². The van der Waals surface area contributed by atoms with Crippen molar-refractivity contribution >= 4 is 31.8 Å². The maximum atomic E-state index is 13.1. The van der Waals surface area contributed by atoms with Crippen molar-refractivity contribution in [3.05, 3.63) is 69.9 Å². The molecule has 28 heavy (non-hydrogen) atoms. The standard InChI is InChI=1S/C22H21N3O2S/c1-3-22(2)10-17-15(12-27-22)9-16-18-19(28-20(16)24-17)21(26)25(13-23-18)11-14-7-5-4-6-8-14/h4-9,13H,3,10-12H2,1-2H3. The summed E-state index contributed by atoms with van der Waals surface area (Å²) in [6.45, 7) is 5.35. The molecule has 0 amide bonds. The summed E-state index contributed by atoms with van der Waals surface area (Å²) in [6, 6.07) is 12.1. The molecule has 1 unspecified atom stereocenters. The first-order valence-corrected chi connectivity index (χ1v) is 10.4. The molecule has 4 heterocycles. The first kappa shape index (κ1) is 17.5. The molecule has 3 aromatic heterocycles. The van der Waals surface area contributed by atoms with Crippen LogP contribution in [0.25, 0.3) is 20.4 Å². The minimum Gasteiger partial charge on any atom is -0.370 e. The average Bonchev–Trinajstić information content (AvgIpc) is 3.07. The molecule has 5 nitrogen and oxygen atoms in total. The summed E-state index contributed by atoms with van der Waals surface area (Å²) in [5.74, 6) is 0. The van der Waals surface area contributed by atoms with Crippen molar-refractivity contribution in [3.63, 3.8) is 0 Å². The normalized spacial score (nSPS) is 19.2. The Bertz CT molecular complexity index is 1250. The Morgan fingerprint density at radius 3 is 2.89 bits per heavy atom. The molecule has 0 radical (unpaired) electrons. The number of aromatic nitrogens is 3. The van der Waals surface area contributed by atoms with Crippen LogP contribution in [0.4, 0.5) is 0 Å². The van der Waals surface area contributed by atoms with Crippen molar-refractivity contribution < 1.29 is 4.74 Å². The van der Waals surface area contributed by atoms with E-state index < -0.39 is 0 Å². The van der Waals surface area contributed by atoms with Gasteiger partial charge in [0.05, 0.1) is 36.3 Å². The molecule has 5 rings (SSSR count). The summed E-state index contributed by atoms with van der Waals surface area (Å²) in [5.41, 5.74) is 3.84. The van der Waals surface area contributed by atoms with Gasteiger partial charge in [-0.25, -0.2) is 9.97 Å². The van der Waals surface area contributed by atoms with Gasteiger partial charge < -0.3 is 4.74 Å². The Morgan fingerprint density at radius 1 is 1.29 bits per heavy atom. The monoisotopic (exact) mass is 391 g/mol. The van der Waals surface area contributed by atoms with E-state index in [1.165, 1.54) is 11.3 Å². The van der Waals surface area contributed by atoms with Gasteiger partial charge in [0.25, 0.3) is 5.56 Å². The van der Waals surface area contributed by atoms with Crippen LogP contribution in [0.5, 0.6) is 0 Å². The van der Waals surface area contributed by atoms with E-state index in [1.54, 1.807) is 10.9 Å². The summed E-state index contributed by atoms with van der Waals surface area (Å²) >= 11 is 1.45. The van der Waals surface area contributed by atoms with Crippen LogP contribution in [0.15, 0.2) is 47.5 Å². The molecule has 1 aliphatic rings. The van der Waals surface area contributed by atoms with E-state index >= 15 is 0 Å². The zero-order valence-electron chi connectivity index (χ0n) is 15.9. The fraction of sp³-hybridized carbons (Fsp3) is 0.318. The molecule has 0 N–H and O–H groups in total. The predicted molar refractivity (Wildman–Crippen MR) is 112 cm³/mol. The highest BCUT2D eigenvalue weighted by molar-refractivity contribution is 7.25. The quantitative estimate of drug-likeness (QED) is 0.523. The van der Waals surface area contributed by atoms with Gasteiger partial charge in [-0.1, -0.05) is 37.3 Å². The van der Waals surface area contributed by atoms with E-state index in [-0.39, 0.29) is 11.2 Å². The van der Waals surface area contributed by atoms with E-state index in [9.17, 15) is 4.79 Å². The highest BCUT2D eigenvalue weighted by Gasteiger charge is 2.30. The molecule has 0 spiro atoms. The van der Waals surface area contributed by atoms with Crippen molar-refractivity contribution in [1.82, 2.24) is 14.5 Å². The maximum absolute atomic E-state index is 13.1. The summed E-state index contributed by atoms with van der Waals surface area (Å²) in [6.07, 6.45) is 3.40. The Kier molecular flexibility index (Phi) is 4.07. The summed E-state index contributed by atoms with van der Waals surface area (Å²) in [7, 11) is 0. The number of fused-ring (bicyclic) bond motifs is 4. The van der Waals surface area contributed by atoms with E-state index in [0.29, 0.717) is 17.9 Å². The van der Waals surface area contributed by atoms with Gasteiger partial charge in [-0.3, -0.25) is 9.36 Å².